The molecule has 1 fully saturated rings. The first-order valence-electron chi connectivity index (χ1n) is 10.2. The van der Waals surface area contributed by atoms with Gasteiger partial charge in [-0.05, 0) is 54.3 Å². The van der Waals surface area contributed by atoms with Crippen LogP contribution >= 0.6 is 23.2 Å². The summed E-state index contributed by atoms with van der Waals surface area (Å²) in [4.78, 5) is 29.4. The van der Waals surface area contributed by atoms with E-state index in [0.717, 1.165) is 29.8 Å². The smallest absolute Gasteiger partial charge is 0.325 e. The van der Waals surface area contributed by atoms with Crippen LogP contribution in [0.15, 0.2) is 36.4 Å². The second-order valence-electron chi connectivity index (χ2n) is 8.57. The molecule has 158 valence electrons. The first-order chi connectivity index (χ1) is 14.3. The zero-order chi connectivity index (χ0) is 21.6. The molecular weight excluding hydrogens is 421 g/mol. The van der Waals surface area contributed by atoms with Gasteiger partial charge in [-0.25, -0.2) is 9.69 Å². The Bertz CT molecular complexity index is 1010. The normalized spacial score (nSPS) is 21.9. The number of anilines is 1. The van der Waals surface area contributed by atoms with Crippen molar-refractivity contribution in [3.05, 3.63) is 63.1 Å². The lowest BCUT2D eigenvalue weighted by Gasteiger charge is -2.35. The number of para-hydroxylation sites is 1. The van der Waals surface area contributed by atoms with Gasteiger partial charge < -0.3 is 10.2 Å². The van der Waals surface area contributed by atoms with Crippen molar-refractivity contribution in [2.24, 2.45) is 5.92 Å². The van der Waals surface area contributed by atoms with E-state index in [1.165, 1.54) is 4.90 Å². The van der Waals surface area contributed by atoms with Gasteiger partial charge in [-0.3, -0.25) is 4.79 Å². The molecule has 2 aliphatic heterocycles. The highest BCUT2D eigenvalue weighted by molar-refractivity contribution is 6.35. The number of nitrogens with zero attached hydrogens (tertiary/aromatic N) is 2. The summed E-state index contributed by atoms with van der Waals surface area (Å²) in [7, 11) is 2.04. The molecule has 2 heterocycles. The number of hydrogen-bond acceptors (Lipinski definition) is 3. The predicted molar refractivity (Wildman–Crippen MR) is 120 cm³/mol. The summed E-state index contributed by atoms with van der Waals surface area (Å²) >= 11 is 12.8. The summed E-state index contributed by atoms with van der Waals surface area (Å²) < 4.78 is 0. The van der Waals surface area contributed by atoms with Gasteiger partial charge in [-0.2, -0.15) is 0 Å². The van der Waals surface area contributed by atoms with Crippen molar-refractivity contribution >= 4 is 40.8 Å². The Kier molecular flexibility index (Phi) is 5.80. The molecule has 0 aromatic heterocycles. The first-order valence-corrected chi connectivity index (χ1v) is 10.9. The summed E-state index contributed by atoms with van der Waals surface area (Å²) in [5, 5.41) is 4.06. The van der Waals surface area contributed by atoms with Crippen molar-refractivity contribution in [1.29, 1.82) is 0 Å². The van der Waals surface area contributed by atoms with Gasteiger partial charge in [0.1, 0.15) is 6.04 Å². The van der Waals surface area contributed by atoms with Crippen LogP contribution in [0.3, 0.4) is 0 Å². The largest absolute Gasteiger partial charge is 0.329 e. The molecular formula is C23H25Cl2N3O2. The van der Waals surface area contributed by atoms with Crippen molar-refractivity contribution < 1.29 is 9.59 Å². The molecule has 1 N–H and O–H groups in total. The minimum absolute atomic E-state index is 0.0594. The molecule has 2 aromatic carbocycles. The number of halogens is 2. The zero-order valence-corrected chi connectivity index (χ0v) is 18.8. The fourth-order valence-corrected chi connectivity index (χ4v) is 5.06. The number of hydrogen-bond donors (Lipinski definition) is 1. The van der Waals surface area contributed by atoms with E-state index in [1.807, 2.05) is 51.2 Å². The van der Waals surface area contributed by atoms with Gasteiger partial charge in [0, 0.05) is 29.1 Å². The van der Waals surface area contributed by atoms with Crippen LogP contribution in [0, 0.1) is 5.92 Å². The molecule has 0 spiro atoms. The number of fused-ring (bicyclic) bond motifs is 1. The van der Waals surface area contributed by atoms with Gasteiger partial charge in [-0.1, -0.05) is 55.2 Å². The van der Waals surface area contributed by atoms with Gasteiger partial charge in [-0.15, -0.1) is 0 Å². The van der Waals surface area contributed by atoms with Crippen molar-refractivity contribution in [3.8, 4) is 0 Å². The zero-order valence-electron chi connectivity index (χ0n) is 17.3. The molecule has 2 atom stereocenters. The summed E-state index contributed by atoms with van der Waals surface area (Å²) in [6.07, 6.45) is 0.615. The lowest BCUT2D eigenvalue weighted by atomic mass is 9.83. The highest BCUT2D eigenvalue weighted by Crippen LogP contribution is 2.41. The van der Waals surface area contributed by atoms with E-state index in [0.29, 0.717) is 28.1 Å². The van der Waals surface area contributed by atoms with E-state index in [4.69, 9.17) is 23.2 Å². The van der Waals surface area contributed by atoms with Crippen LogP contribution in [0.2, 0.25) is 10.0 Å². The maximum absolute atomic E-state index is 13.1. The molecule has 0 aliphatic carbocycles. The van der Waals surface area contributed by atoms with Crippen LogP contribution in [0.5, 0.6) is 0 Å². The molecule has 3 amide bonds. The standard InChI is InChI=1S/C23H25Cl2N3O2/c1-13(2)8-20-22(29)28(23(30)26-20)21-7-5-4-6-15(21)17-11-27(3)12-18-16(17)9-14(24)10-19(18)25/h4-7,9-10,13,17,20H,8,11-12H2,1-3H3,(H,26,30)/t17-,20?/m0/s1. The lowest BCUT2D eigenvalue weighted by Crippen LogP contribution is -2.35. The molecule has 0 radical (unpaired) electrons. The number of imide groups is 1. The minimum Gasteiger partial charge on any atom is -0.325 e. The molecule has 30 heavy (non-hydrogen) atoms. The van der Waals surface area contributed by atoms with Crippen molar-refractivity contribution in [2.75, 3.05) is 18.5 Å². The Morgan fingerprint density at radius 2 is 1.87 bits per heavy atom. The monoisotopic (exact) mass is 445 g/mol. The van der Waals surface area contributed by atoms with Crippen LogP contribution in [0.4, 0.5) is 10.5 Å². The van der Waals surface area contributed by atoms with Crippen LogP contribution in [0.1, 0.15) is 42.9 Å². The summed E-state index contributed by atoms with van der Waals surface area (Å²) in [6.45, 7) is 5.54. The first kappa shape index (κ1) is 21.2. The number of rotatable bonds is 4. The molecule has 5 nitrogen and oxygen atoms in total. The average Bonchev–Trinajstić information content (AvgIpc) is 2.94. The predicted octanol–water partition coefficient (Wildman–Crippen LogP) is 5.04. The molecule has 7 heteroatoms. The number of likely N-dealkylation sites (N-methyl/N-ethyl adjacent to an activating group) is 1. The molecule has 4 rings (SSSR count). The summed E-state index contributed by atoms with van der Waals surface area (Å²) in [5.74, 6) is 0.0446. The highest BCUT2D eigenvalue weighted by atomic mass is 35.5. The number of amides is 3. The number of nitrogens with one attached hydrogen (secondary N) is 1. The Balaban J connectivity index is 1.79. The van der Waals surface area contributed by atoms with E-state index in [1.54, 1.807) is 6.07 Å². The van der Waals surface area contributed by atoms with Crippen LogP contribution in [-0.4, -0.2) is 36.5 Å². The average molecular weight is 446 g/mol. The number of carbonyl (C=O) groups is 2. The van der Waals surface area contributed by atoms with Crippen LogP contribution < -0.4 is 10.2 Å². The van der Waals surface area contributed by atoms with Crippen LogP contribution in [0.25, 0.3) is 0 Å². The molecule has 2 aromatic rings. The molecule has 2 aliphatic rings. The Hall–Kier alpha value is -2.08. The Morgan fingerprint density at radius 1 is 1.13 bits per heavy atom. The maximum atomic E-state index is 13.1. The number of carbonyl (C=O) groups excluding carboxylic acids is 2. The topological polar surface area (TPSA) is 52.7 Å². The molecule has 1 unspecified atom stereocenters. The second kappa shape index (κ2) is 8.22. The number of urea groups is 1. The third kappa shape index (κ3) is 3.82. The molecule has 0 saturated carbocycles. The van der Waals surface area contributed by atoms with Gasteiger partial charge in [0.15, 0.2) is 0 Å². The van der Waals surface area contributed by atoms with E-state index < -0.39 is 6.04 Å². The van der Waals surface area contributed by atoms with Gasteiger partial charge >= 0.3 is 6.03 Å². The van der Waals surface area contributed by atoms with E-state index in [-0.39, 0.29) is 17.9 Å². The Morgan fingerprint density at radius 3 is 2.60 bits per heavy atom. The van der Waals surface area contributed by atoms with Gasteiger partial charge in [0.05, 0.1) is 5.69 Å². The fraction of sp³-hybridized carbons (Fsp3) is 0.391. The Labute approximate surface area is 186 Å². The van der Waals surface area contributed by atoms with Crippen molar-refractivity contribution in [1.82, 2.24) is 10.2 Å². The quantitative estimate of drug-likeness (QED) is 0.670. The SMILES string of the molecule is CC(C)CC1NC(=O)N(c2ccccc2[C@@H]2CN(C)Cc3c(Cl)cc(Cl)cc32)C1=O. The second-order valence-corrected chi connectivity index (χ2v) is 9.41. The third-order valence-electron chi connectivity index (χ3n) is 5.77. The maximum Gasteiger partial charge on any atom is 0.329 e. The lowest BCUT2D eigenvalue weighted by molar-refractivity contribution is -0.118. The van der Waals surface area contributed by atoms with E-state index in [9.17, 15) is 9.59 Å². The minimum atomic E-state index is -0.490. The number of benzene rings is 2. The van der Waals surface area contributed by atoms with Crippen molar-refractivity contribution in [3.63, 3.8) is 0 Å². The van der Waals surface area contributed by atoms with E-state index in [2.05, 4.69) is 10.2 Å². The van der Waals surface area contributed by atoms with Crippen molar-refractivity contribution in [2.45, 2.75) is 38.8 Å². The summed E-state index contributed by atoms with van der Waals surface area (Å²) in [5.41, 5.74) is 3.61. The fourth-order valence-electron chi connectivity index (χ4n) is 4.49. The molecule has 0 bridgehead atoms. The van der Waals surface area contributed by atoms with Gasteiger partial charge in [0.2, 0.25) is 0 Å². The van der Waals surface area contributed by atoms with Gasteiger partial charge in [0.25, 0.3) is 5.91 Å². The highest BCUT2D eigenvalue weighted by Gasteiger charge is 2.41. The summed E-state index contributed by atoms with van der Waals surface area (Å²) in [6, 6.07) is 10.5. The third-order valence-corrected chi connectivity index (χ3v) is 6.33. The molecule has 1 saturated heterocycles. The van der Waals surface area contributed by atoms with Crippen LogP contribution in [-0.2, 0) is 11.3 Å². The van der Waals surface area contributed by atoms with E-state index >= 15 is 0 Å².